The van der Waals surface area contributed by atoms with Crippen LogP contribution >= 0.6 is 0 Å². The molecular weight excluding hydrogens is 298 g/mol. The third kappa shape index (κ3) is 3.20. The summed E-state index contributed by atoms with van der Waals surface area (Å²) in [6.45, 7) is 0. The van der Waals surface area contributed by atoms with Gasteiger partial charge in [0.15, 0.2) is 5.58 Å². The number of nitrogens with two attached hydrogens (primary N) is 1. The molecule has 1 heterocycles. The van der Waals surface area contributed by atoms with Crippen LogP contribution in [-0.2, 0) is 6.42 Å². The second-order valence-electron chi connectivity index (χ2n) is 5.26. The Morgan fingerprint density at radius 3 is 2.70 bits per heavy atom. The summed E-state index contributed by atoms with van der Waals surface area (Å²) in [5.74, 6) is 0.0592. The van der Waals surface area contributed by atoms with E-state index in [1.165, 1.54) is 18.2 Å². The van der Waals surface area contributed by atoms with Gasteiger partial charge in [-0.2, -0.15) is 0 Å². The van der Waals surface area contributed by atoms with Crippen molar-refractivity contribution >= 4 is 16.8 Å². The number of aliphatic hydroxyl groups is 1. The number of fused-ring (bicyclic) bond motifs is 1. The smallest absolute Gasteiger partial charge is 0.271 e. The third-order valence-corrected chi connectivity index (χ3v) is 3.57. The minimum atomic E-state index is -1.10. The zero-order chi connectivity index (χ0) is 16.4. The summed E-state index contributed by atoms with van der Waals surface area (Å²) in [5, 5.41) is 21.1. The first-order valence-electron chi connectivity index (χ1n) is 7.07. The first kappa shape index (κ1) is 15.1. The second kappa shape index (κ2) is 6.15. The molecule has 7 heteroatoms. The Balaban J connectivity index is 1.82. The molecular formula is C16H15N3O4. The molecule has 0 spiro atoms. The van der Waals surface area contributed by atoms with Crippen LogP contribution in [0.1, 0.15) is 17.6 Å². The molecule has 0 saturated heterocycles. The highest BCUT2D eigenvalue weighted by atomic mass is 16.6. The highest BCUT2D eigenvalue weighted by Gasteiger charge is 2.23. The number of benzene rings is 2. The minimum absolute atomic E-state index is 0.0592. The van der Waals surface area contributed by atoms with E-state index in [0.717, 1.165) is 5.56 Å². The van der Waals surface area contributed by atoms with Gasteiger partial charge in [0.1, 0.15) is 11.6 Å². The van der Waals surface area contributed by atoms with Crippen molar-refractivity contribution < 1.29 is 14.4 Å². The molecule has 118 valence electrons. The van der Waals surface area contributed by atoms with Gasteiger partial charge >= 0.3 is 0 Å². The maximum absolute atomic E-state index is 10.8. The Hall–Kier alpha value is -2.77. The van der Waals surface area contributed by atoms with Gasteiger partial charge in [-0.15, -0.1) is 0 Å². The summed E-state index contributed by atoms with van der Waals surface area (Å²) < 4.78 is 5.46. The van der Waals surface area contributed by atoms with E-state index in [2.05, 4.69) is 4.98 Å². The van der Waals surface area contributed by atoms with Gasteiger partial charge in [-0.3, -0.25) is 10.1 Å². The van der Waals surface area contributed by atoms with Crippen LogP contribution in [0.2, 0.25) is 0 Å². The van der Waals surface area contributed by atoms with Gasteiger partial charge < -0.3 is 15.3 Å². The van der Waals surface area contributed by atoms with Crippen molar-refractivity contribution in [2.45, 2.75) is 18.6 Å². The van der Waals surface area contributed by atoms with E-state index < -0.39 is 17.1 Å². The van der Waals surface area contributed by atoms with Crippen LogP contribution in [0.3, 0.4) is 0 Å². The average Bonchev–Trinajstić information content (AvgIpc) is 2.97. The molecule has 7 nitrogen and oxygen atoms in total. The highest BCUT2D eigenvalue weighted by Crippen LogP contribution is 2.25. The molecule has 0 amide bonds. The second-order valence-corrected chi connectivity index (χ2v) is 5.26. The molecule has 3 N–H and O–H groups in total. The number of aromatic nitrogens is 1. The van der Waals surface area contributed by atoms with E-state index in [1.54, 1.807) is 0 Å². The monoisotopic (exact) mass is 313 g/mol. The summed E-state index contributed by atoms with van der Waals surface area (Å²) in [6.07, 6.45) is -0.636. The maximum Gasteiger partial charge on any atom is 0.271 e. The lowest BCUT2D eigenvalue weighted by molar-refractivity contribution is -0.384. The summed E-state index contributed by atoms with van der Waals surface area (Å²) in [6, 6.07) is 13.0. The van der Waals surface area contributed by atoms with Crippen LogP contribution in [-0.4, -0.2) is 21.1 Å². The maximum atomic E-state index is 10.8. The molecule has 23 heavy (non-hydrogen) atoms. The summed E-state index contributed by atoms with van der Waals surface area (Å²) >= 11 is 0. The van der Waals surface area contributed by atoms with Crippen molar-refractivity contribution in [1.29, 1.82) is 0 Å². The van der Waals surface area contributed by atoms with Crippen molar-refractivity contribution in [1.82, 2.24) is 4.98 Å². The van der Waals surface area contributed by atoms with E-state index in [-0.39, 0.29) is 11.6 Å². The molecule has 3 rings (SSSR count). The number of rotatable bonds is 5. The zero-order valence-electron chi connectivity index (χ0n) is 12.1. The first-order valence-corrected chi connectivity index (χ1v) is 7.07. The standard InChI is InChI=1S/C16H15N3O4/c17-12(8-10-4-2-1-3-5-10)15(20)16-18-13-9-11(19(21)22)6-7-14(13)23-16/h1-7,9,12,15,20H,8,17H2. The van der Waals surface area contributed by atoms with Crippen LogP contribution in [0.5, 0.6) is 0 Å². The number of non-ortho nitro benzene ring substituents is 1. The fraction of sp³-hybridized carbons (Fsp3) is 0.188. The molecule has 2 aromatic carbocycles. The van der Waals surface area contributed by atoms with E-state index >= 15 is 0 Å². The molecule has 0 saturated carbocycles. The molecule has 0 aliphatic carbocycles. The quantitative estimate of drug-likeness (QED) is 0.551. The molecule has 0 aliphatic rings. The topological polar surface area (TPSA) is 115 Å². The van der Waals surface area contributed by atoms with Crippen molar-refractivity contribution in [2.75, 3.05) is 0 Å². The van der Waals surface area contributed by atoms with Crippen molar-refractivity contribution in [3.8, 4) is 0 Å². The molecule has 0 fully saturated rings. The number of hydrogen-bond acceptors (Lipinski definition) is 6. The van der Waals surface area contributed by atoms with Crippen LogP contribution in [0.4, 0.5) is 5.69 Å². The minimum Gasteiger partial charge on any atom is -0.438 e. The molecule has 0 radical (unpaired) electrons. The normalized spacial score (nSPS) is 13.8. The van der Waals surface area contributed by atoms with Crippen LogP contribution in [0.15, 0.2) is 52.9 Å². The summed E-state index contributed by atoms with van der Waals surface area (Å²) in [5.41, 5.74) is 7.62. The fourth-order valence-electron chi connectivity index (χ4n) is 2.35. The van der Waals surface area contributed by atoms with Gasteiger partial charge in [-0.1, -0.05) is 30.3 Å². The van der Waals surface area contributed by atoms with Gasteiger partial charge in [0.25, 0.3) is 5.69 Å². The van der Waals surface area contributed by atoms with Crippen molar-refractivity contribution in [3.05, 3.63) is 70.1 Å². The molecule has 3 aromatic rings. The van der Waals surface area contributed by atoms with E-state index in [1.807, 2.05) is 30.3 Å². The SMILES string of the molecule is NC(Cc1ccccc1)C(O)c1nc2cc([N+](=O)[O-])ccc2o1. The van der Waals surface area contributed by atoms with Gasteiger partial charge in [0.05, 0.1) is 4.92 Å². The molecule has 1 aromatic heterocycles. The van der Waals surface area contributed by atoms with E-state index in [0.29, 0.717) is 17.5 Å². The number of oxazole rings is 1. The predicted molar refractivity (Wildman–Crippen MR) is 83.7 cm³/mol. The van der Waals surface area contributed by atoms with E-state index in [9.17, 15) is 15.2 Å². The van der Waals surface area contributed by atoms with Crippen LogP contribution < -0.4 is 5.73 Å². The van der Waals surface area contributed by atoms with Gasteiger partial charge in [-0.25, -0.2) is 4.98 Å². The lowest BCUT2D eigenvalue weighted by Crippen LogP contribution is -2.30. The first-order chi connectivity index (χ1) is 11.0. The Kier molecular flexibility index (Phi) is 4.05. The lowest BCUT2D eigenvalue weighted by Gasteiger charge is -2.15. The average molecular weight is 313 g/mol. The Bertz CT molecular complexity index is 832. The van der Waals surface area contributed by atoms with Gasteiger partial charge in [0, 0.05) is 18.2 Å². The molecule has 0 bridgehead atoms. The van der Waals surface area contributed by atoms with Crippen LogP contribution in [0, 0.1) is 10.1 Å². The largest absolute Gasteiger partial charge is 0.438 e. The molecule has 2 atom stereocenters. The van der Waals surface area contributed by atoms with Crippen molar-refractivity contribution in [3.63, 3.8) is 0 Å². The summed E-state index contributed by atoms with van der Waals surface area (Å²) in [7, 11) is 0. The van der Waals surface area contributed by atoms with Gasteiger partial charge in [-0.05, 0) is 18.1 Å². The van der Waals surface area contributed by atoms with E-state index in [4.69, 9.17) is 10.2 Å². The van der Waals surface area contributed by atoms with Crippen LogP contribution in [0.25, 0.3) is 11.1 Å². The Morgan fingerprint density at radius 2 is 2.00 bits per heavy atom. The lowest BCUT2D eigenvalue weighted by atomic mass is 10.0. The number of hydrogen-bond donors (Lipinski definition) is 2. The Morgan fingerprint density at radius 1 is 1.26 bits per heavy atom. The summed E-state index contributed by atoms with van der Waals surface area (Å²) in [4.78, 5) is 14.4. The predicted octanol–water partition coefficient (Wildman–Crippen LogP) is 2.34. The number of nitro groups is 1. The molecule has 2 unspecified atom stereocenters. The number of aliphatic hydroxyl groups excluding tert-OH is 1. The number of nitro benzene ring substituents is 1. The highest BCUT2D eigenvalue weighted by molar-refractivity contribution is 5.75. The molecule has 0 aliphatic heterocycles. The number of nitrogens with zero attached hydrogens (tertiary/aromatic N) is 2. The zero-order valence-corrected chi connectivity index (χ0v) is 12.1. The third-order valence-electron chi connectivity index (χ3n) is 3.57. The van der Waals surface area contributed by atoms with Gasteiger partial charge in [0.2, 0.25) is 5.89 Å². The Labute approximate surface area is 131 Å². The fourth-order valence-corrected chi connectivity index (χ4v) is 2.35. The van der Waals surface area contributed by atoms with Crippen molar-refractivity contribution in [2.24, 2.45) is 5.73 Å².